The van der Waals surface area contributed by atoms with Gasteiger partial charge in [0, 0.05) is 30.0 Å². The molecule has 0 aliphatic rings. The van der Waals surface area contributed by atoms with Crippen molar-refractivity contribution in [2.24, 2.45) is 0 Å². The number of rotatable bonds is 4. The van der Waals surface area contributed by atoms with E-state index in [1.165, 1.54) is 18.5 Å². The second-order valence-electron chi connectivity index (χ2n) is 4.44. The number of halogens is 2. The topological polar surface area (TPSA) is 65.9 Å². The van der Waals surface area contributed by atoms with Crippen LogP contribution in [0.15, 0.2) is 42.9 Å². The van der Waals surface area contributed by atoms with Crippen molar-refractivity contribution in [3.8, 4) is 0 Å². The van der Waals surface area contributed by atoms with Crippen molar-refractivity contribution in [2.75, 3.05) is 0 Å². The molecule has 0 bridgehead atoms. The molecular formula is C13H10F2N4O2. The molecule has 1 aromatic carbocycles. The number of hydrogen-bond donors (Lipinski definition) is 0. The summed E-state index contributed by atoms with van der Waals surface area (Å²) >= 11 is 0. The van der Waals surface area contributed by atoms with E-state index in [4.69, 9.17) is 0 Å². The van der Waals surface area contributed by atoms with Gasteiger partial charge in [0.25, 0.3) is 5.69 Å². The van der Waals surface area contributed by atoms with Crippen molar-refractivity contribution in [3.63, 3.8) is 0 Å². The Morgan fingerprint density at radius 1 is 1.29 bits per heavy atom. The second kappa shape index (κ2) is 4.97. The summed E-state index contributed by atoms with van der Waals surface area (Å²) in [5.74, 6) is 0.139. The maximum atomic E-state index is 12.8. The van der Waals surface area contributed by atoms with E-state index in [1.807, 2.05) is 0 Å². The van der Waals surface area contributed by atoms with E-state index in [-0.39, 0.29) is 18.1 Å². The molecule has 8 heteroatoms. The van der Waals surface area contributed by atoms with Crippen LogP contribution in [0, 0.1) is 10.1 Å². The van der Waals surface area contributed by atoms with E-state index in [9.17, 15) is 18.9 Å². The number of nitro benzene ring substituents is 1. The molecule has 0 saturated heterocycles. The Morgan fingerprint density at radius 3 is 2.81 bits per heavy atom. The Morgan fingerprint density at radius 2 is 2.10 bits per heavy atom. The predicted octanol–water partition coefficient (Wildman–Crippen LogP) is 3.19. The van der Waals surface area contributed by atoms with Crippen molar-refractivity contribution < 1.29 is 13.7 Å². The maximum Gasteiger partial charge on any atom is 0.319 e. The number of alkyl halides is 2. The van der Waals surface area contributed by atoms with Gasteiger partial charge in [-0.2, -0.15) is 8.78 Å². The van der Waals surface area contributed by atoms with Crippen molar-refractivity contribution >= 4 is 16.6 Å². The average molecular weight is 292 g/mol. The lowest BCUT2D eigenvalue weighted by Gasteiger charge is -2.08. The first-order valence-corrected chi connectivity index (χ1v) is 6.10. The van der Waals surface area contributed by atoms with E-state index in [0.29, 0.717) is 10.9 Å². The number of hydrogen-bond acceptors (Lipinski definition) is 3. The molecule has 0 spiro atoms. The lowest BCUT2D eigenvalue weighted by molar-refractivity contribution is -0.383. The summed E-state index contributed by atoms with van der Waals surface area (Å²) in [6.45, 7) is -2.66. The molecule has 0 saturated carbocycles. The molecule has 0 unspecified atom stereocenters. The molecule has 0 aliphatic carbocycles. The van der Waals surface area contributed by atoms with E-state index in [2.05, 4.69) is 4.98 Å². The lowest BCUT2D eigenvalue weighted by Crippen LogP contribution is -2.08. The van der Waals surface area contributed by atoms with Crippen molar-refractivity contribution in [3.05, 3.63) is 58.8 Å². The molecule has 0 aliphatic heterocycles. The molecule has 2 heterocycles. The summed E-state index contributed by atoms with van der Waals surface area (Å²) in [5, 5.41) is 11.8. The van der Waals surface area contributed by atoms with Gasteiger partial charge in [-0.1, -0.05) is 12.1 Å². The molecular weight excluding hydrogens is 282 g/mol. The van der Waals surface area contributed by atoms with Gasteiger partial charge in [-0.05, 0) is 6.07 Å². The third-order valence-electron chi connectivity index (χ3n) is 3.23. The number of nitrogens with zero attached hydrogens (tertiary/aromatic N) is 4. The Hall–Kier alpha value is -2.77. The monoisotopic (exact) mass is 292 g/mol. The van der Waals surface area contributed by atoms with E-state index < -0.39 is 11.5 Å². The van der Waals surface area contributed by atoms with Gasteiger partial charge in [0.05, 0.1) is 11.5 Å². The second-order valence-corrected chi connectivity index (χ2v) is 4.44. The number of benzene rings is 1. The molecule has 0 amide bonds. The molecule has 108 valence electrons. The molecule has 0 radical (unpaired) electrons. The first-order valence-electron chi connectivity index (χ1n) is 6.10. The molecule has 6 nitrogen and oxygen atoms in total. The molecule has 21 heavy (non-hydrogen) atoms. The van der Waals surface area contributed by atoms with Gasteiger partial charge in [-0.15, -0.1) is 0 Å². The summed E-state index contributed by atoms with van der Waals surface area (Å²) in [5.41, 5.74) is 0.332. The summed E-state index contributed by atoms with van der Waals surface area (Å²) in [6.07, 6.45) is 4.09. The van der Waals surface area contributed by atoms with E-state index >= 15 is 0 Å². The number of nitro groups is 1. The first-order chi connectivity index (χ1) is 10.1. The lowest BCUT2D eigenvalue weighted by atomic mass is 10.2. The maximum absolute atomic E-state index is 12.8. The summed E-state index contributed by atoms with van der Waals surface area (Å²) in [6, 6.07) is 6.42. The van der Waals surface area contributed by atoms with Crippen LogP contribution in [0.3, 0.4) is 0 Å². The molecule has 3 rings (SSSR count). The van der Waals surface area contributed by atoms with Crippen molar-refractivity contribution in [1.82, 2.24) is 14.1 Å². The Balaban J connectivity index is 2.09. The van der Waals surface area contributed by atoms with Crippen LogP contribution in [0.4, 0.5) is 14.5 Å². The zero-order chi connectivity index (χ0) is 15.0. The van der Waals surface area contributed by atoms with Gasteiger partial charge in [-0.25, -0.2) is 4.98 Å². The largest absolute Gasteiger partial charge is 0.334 e. The highest BCUT2D eigenvalue weighted by Gasteiger charge is 2.17. The van der Waals surface area contributed by atoms with Gasteiger partial charge >= 0.3 is 6.55 Å². The van der Waals surface area contributed by atoms with E-state index in [0.717, 1.165) is 4.57 Å². The zero-order valence-corrected chi connectivity index (χ0v) is 10.7. The molecule has 0 atom stereocenters. The summed E-state index contributed by atoms with van der Waals surface area (Å²) < 4.78 is 27.9. The minimum absolute atomic E-state index is 0.0334. The van der Waals surface area contributed by atoms with Gasteiger partial charge in [0.2, 0.25) is 0 Å². The van der Waals surface area contributed by atoms with Gasteiger partial charge in [0.1, 0.15) is 11.3 Å². The fraction of sp³-hybridized carbons (Fsp3) is 0.154. The summed E-state index contributed by atoms with van der Waals surface area (Å²) in [7, 11) is 0. The number of imidazole rings is 1. The van der Waals surface area contributed by atoms with Crippen LogP contribution >= 0.6 is 0 Å². The normalized spacial score (nSPS) is 11.4. The van der Waals surface area contributed by atoms with Crippen LogP contribution in [-0.2, 0) is 6.54 Å². The Kier molecular flexibility index (Phi) is 3.13. The van der Waals surface area contributed by atoms with E-state index in [1.54, 1.807) is 29.0 Å². The van der Waals surface area contributed by atoms with Crippen LogP contribution in [0.5, 0.6) is 0 Å². The number of non-ortho nitro benzene ring substituents is 1. The van der Waals surface area contributed by atoms with Crippen molar-refractivity contribution in [2.45, 2.75) is 13.1 Å². The summed E-state index contributed by atoms with van der Waals surface area (Å²) in [4.78, 5) is 14.5. The van der Waals surface area contributed by atoms with Gasteiger partial charge in [-0.3, -0.25) is 14.7 Å². The zero-order valence-electron chi connectivity index (χ0n) is 10.7. The van der Waals surface area contributed by atoms with Crippen LogP contribution in [0.25, 0.3) is 10.9 Å². The third kappa shape index (κ3) is 2.24. The molecule has 0 N–H and O–H groups in total. The van der Waals surface area contributed by atoms with Crippen LogP contribution in [0.1, 0.15) is 12.4 Å². The fourth-order valence-electron chi connectivity index (χ4n) is 2.32. The van der Waals surface area contributed by atoms with Crippen molar-refractivity contribution in [1.29, 1.82) is 0 Å². The number of para-hydroxylation sites is 1. The highest BCUT2D eigenvalue weighted by Crippen LogP contribution is 2.27. The van der Waals surface area contributed by atoms with Crippen LogP contribution < -0.4 is 0 Å². The van der Waals surface area contributed by atoms with Crippen LogP contribution in [0.2, 0.25) is 0 Å². The smallest absolute Gasteiger partial charge is 0.319 e. The number of fused-ring (bicyclic) bond motifs is 1. The Labute approximate surface area is 117 Å². The first kappa shape index (κ1) is 13.2. The van der Waals surface area contributed by atoms with Gasteiger partial charge < -0.3 is 4.57 Å². The highest BCUT2D eigenvalue weighted by atomic mass is 19.3. The predicted molar refractivity (Wildman–Crippen MR) is 71.2 cm³/mol. The van der Waals surface area contributed by atoms with Gasteiger partial charge in [0.15, 0.2) is 0 Å². The molecule has 2 aromatic heterocycles. The third-order valence-corrected chi connectivity index (χ3v) is 3.23. The SMILES string of the molecule is O=[N+]([O-])c1cccc2ccn(Cc3nccn3C(F)F)c12. The quantitative estimate of drug-likeness (QED) is 0.548. The fourth-order valence-corrected chi connectivity index (χ4v) is 2.32. The highest BCUT2D eigenvalue weighted by molar-refractivity contribution is 5.88. The minimum atomic E-state index is -2.70. The molecule has 0 fully saturated rings. The Bertz CT molecular complexity index is 809. The standard InChI is InChI=1S/C13H10F2N4O2/c14-13(15)18-7-5-16-11(18)8-17-6-4-9-2-1-3-10(12(9)17)19(20)21/h1-7,13H,8H2. The minimum Gasteiger partial charge on any atom is -0.334 e. The number of aromatic nitrogens is 3. The van der Waals surface area contributed by atoms with Crippen LogP contribution in [-0.4, -0.2) is 19.0 Å². The molecule has 3 aromatic rings. The average Bonchev–Trinajstić information content (AvgIpc) is 3.06.